The van der Waals surface area contributed by atoms with Gasteiger partial charge < -0.3 is 5.73 Å². The van der Waals surface area contributed by atoms with E-state index in [0.29, 0.717) is 24.9 Å². The fourth-order valence-electron chi connectivity index (χ4n) is 2.66. The predicted molar refractivity (Wildman–Crippen MR) is 77.1 cm³/mol. The van der Waals surface area contributed by atoms with Crippen molar-refractivity contribution in [2.75, 3.05) is 18.8 Å². The molecule has 1 fully saturated rings. The first-order valence-corrected chi connectivity index (χ1v) is 8.32. The van der Waals surface area contributed by atoms with E-state index in [-0.39, 0.29) is 10.6 Å². The topological polar surface area (TPSA) is 63.4 Å². The molecule has 1 aliphatic heterocycles. The van der Waals surface area contributed by atoms with E-state index in [1.54, 1.807) is 0 Å². The molecule has 2 rings (SSSR count). The highest BCUT2D eigenvalue weighted by molar-refractivity contribution is 7.89. The van der Waals surface area contributed by atoms with Gasteiger partial charge in [-0.05, 0) is 36.8 Å². The van der Waals surface area contributed by atoms with E-state index in [1.807, 2.05) is 0 Å². The number of hydrogen-bond donors (Lipinski definition) is 1. The molecule has 0 aromatic heterocycles. The highest BCUT2D eigenvalue weighted by Gasteiger charge is 2.31. The van der Waals surface area contributed by atoms with Crippen LogP contribution in [0.1, 0.15) is 26.7 Å². The molecule has 0 bridgehead atoms. The van der Waals surface area contributed by atoms with Crippen LogP contribution in [0.4, 0.5) is 10.1 Å². The van der Waals surface area contributed by atoms with Gasteiger partial charge in [-0.1, -0.05) is 19.9 Å². The number of nitrogens with two attached hydrogens (primary N) is 1. The number of anilines is 1. The predicted octanol–water partition coefficient (Wildman–Crippen LogP) is 2.46. The van der Waals surface area contributed by atoms with Gasteiger partial charge in [-0.3, -0.25) is 0 Å². The van der Waals surface area contributed by atoms with E-state index in [4.69, 9.17) is 5.73 Å². The third-order valence-corrected chi connectivity index (χ3v) is 6.03. The van der Waals surface area contributed by atoms with E-state index < -0.39 is 15.8 Å². The minimum atomic E-state index is -3.70. The Balaban J connectivity index is 2.22. The van der Waals surface area contributed by atoms with Gasteiger partial charge in [-0.2, -0.15) is 4.31 Å². The van der Waals surface area contributed by atoms with Crippen LogP contribution in [0, 0.1) is 17.7 Å². The Labute approximate surface area is 119 Å². The molecule has 0 unspecified atom stereocenters. The number of hydrogen-bond acceptors (Lipinski definition) is 3. The molecule has 1 aromatic rings. The summed E-state index contributed by atoms with van der Waals surface area (Å²) in [6.07, 6.45) is 1.68. The van der Waals surface area contributed by atoms with Gasteiger partial charge in [0.2, 0.25) is 10.0 Å². The van der Waals surface area contributed by atoms with Crippen molar-refractivity contribution in [1.29, 1.82) is 0 Å². The van der Waals surface area contributed by atoms with Crippen molar-refractivity contribution in [3.8, 4) is 0 Å². The summed E-state index contributed by atoms with van der Waals surface area (Å²) in [6.45, 7) is 5.25. The van der Waals surface area contributed by atoms with Crippen molar-refractivity contribution in [3.63, 3.8) is 0 Å². The van der Waals surface area contributed by atoms with Crippen molar-refractivity contribution >= 4 is 15.7 Å². The summed E-state index contributed by atoms with van der Waals surface area (Å²) in [5.74, 6) is 0.411. The molecule has 0 aliphatic carbocycles. The molecular formula is C14H21FN2O2S. The van der Waals surface area contributed by atoms with E-state index >= 15 is 0 Å². The quantitative estimate of drug-likeness (QED) is 0.872. The second-order valence-corrected chi connectivity index (χ2v) is 7.54. The van der Waals surface area contributed by atoms with Crippen LogP contribution in [0.15, 0.2) is 23.1 Å². The normalized spacial score (nSPS) is 18.6. The zero-order valence-electron chi connectivity index (χ0n) is 11.8. The zero-order valence-corrected chi connectivity index (χ0v) is 12.7. The highest BCUT2D eigenvalue weighted by Crippen LogP contribution is 2.30. The summed E-state index contributed by atoms with van der Waals surface area (Å²) in [7, 11) is -3.70. The molecule has 0 atom stereocenters. The fraction of sp³-hybridized carbons (Fsp3) is 0.571. The smallest absolute Gasteiger partial charge is 0.245 e. The third kappa shape index (κ3) is 2.81. The van der Waals surface area contributed by atoms with Gasteiger partial charge in [0.25, 0.3) is 0 Å². The summed E-state index contributed by atoms with van der Waals surface area (Å²) in [5, 5.41) is 0. The van der Waals surface area contributed by atoms with Crippen molar-refractivity contribution in [3.05, 3.63) is 24.0 Å². The zero-order chi connectivity index (χ0) is 14.9. The van der Waals surface area contributed by atoms with Crippen LogP contribution < -0.4 is 5.73 Å². The molecule has 6 heteroatoms. The average molecular weight is 300 g/mol. The van der Waals surface area contributed by atoms with Crippen LogP contribution in [0.3, 0.4) is 0 Å². The summed E-state index contributed by atoms with van der Waals surface area (Å²) in [5.41, 5.74) is 5.28. The van der Waals surface area contributed by atoms with Crippen molar-refractivity contribution in [1.82, 2.24) is 4.31 Å². The SMILES string of the molecule is CC(C)C1CCN(S(=O)(=O)c2cccc(F)c2N)CC1. The Morgan fingerprint density at radius 1 is 1.30 bits per heavy atom. The number of nitrogens with zero attached hydrogens (tertiary/aromatic N) is 1. The summed E-state index contributed by atoms with van der Waals surface area (Å²) in [6, 6.07) is 3.90. The first kappa shape index (κ1) is 15.3. The molecule has 1 aliphatic rings. The summed E-state index contributed by atoms with van der Waals surface area (Å²) in [4.78, 5) is -0.125. The molecule has 1 aromatic carbocycles. The molecule has 0 amide bonds. The van der Waals surface area contributed by atoms with Crippen molar-refractivity contribution in [2.24, 2.45) is 11.8 Å². The Bertz CT molecular complexity index is 579. The molecular weight excluding hydrogens is 279 g/mol. The number of sulfonamides is 1. The standard InChI is InChI=1S/C14H21FN2O2S/c1-10(2)11-6-8-17(9-7-11)20(18,19)13-5-3-4-12(15)14(13)16/h3-5,10-11H,6-9,16H2,1-2H3. The minimum Gasteiger partial charge on any atom is -0.395 e. The Morgan fingerprint density at radius 2 is 1.90 bits per heavy atom. The van der Waals surface area contributed by atoms with Crippen molar-refractivity contribution in [2.45, 2.75) is 31.6 Å². The van der Waals surface area contributed by atoms with Crippen LogP contribution >= 0.6 is 0 Å². The lowest BCUT2D eigenvalue weighted by atomic mass is 9.87. The second-order valence-electron chi connectivity index (χ2n) is 5.64. The molecule has 4 nitrogen and oxygen atoms in total. The number of piperidine rings is 1. The van der Waals surface area contributed by atoms with E-state index in [2.05, 4.69) is 13.8 Å². The fourth-order valence-corrected chi connectivity index (χ4v) is 4.26. The number of para-hydroxylation sites is 1. The van der Waals surface area contributed by atoms with Crippen LogP contribution in [-0.2, 0) is 10.0 Å². The lowest BCUT2D eigenvalue weighted by Crippen LogP contribution is -2.39. The monoisotopic (exact) mass is 300 g/mol. The first-order chi connectivity index (χ1) is 9.34. The van der Waals surface area contributed by atoms with Crippen LogP contribution in [0.5, 0.6) is 0 Å². The van der Waals surface area contributed by atoms with Gasteiger partial charge in [0.05, 0.1) is 5.69 Å². The van der Waals surface area contributed by atoms with Crippen LogP contribution in [-0.4, -0.2) is 25.8 Å². The highest BCUT2D eigenvalue weighted by atomic mass is 32.2. The van der Waals surface area contributed by atoms with Gasteiger partial charge in [0.15, 0.2) is 0 Å². The number of halogens is 1. The molecule has 112 valence electrons. The van der Waals surface area contributed by atoms with Gasteiger partial charge in [0.1, 0.15) is 10.7 Å². The van der Waals surface area contributed by atoms with E-state index in [9.17, 15) is 12.8 Å². The molecule has 2 N–H and O–H groups in total. The van der Waals surface area contributed by atoms with Gasteiger partial charge in [0, 0.05) is 13.1 Å². The average Bonchev–Trinajstić information content (AvgIpc) is 2.41. The lowest BCUT2D eigenvalue weighted by Gasteiger charge is -2.33. The number of benzene rings is 1. The summed E-state index contributed by atoms with van der Waals surface area (Å²) < 4.78 is 39.9. The Morgan fingerprint density at radius 3 is 2.45 bits per heavy atom. The minimum absolute atomic E-state index is 0.125. The summed E-state index contributed by atoms with van der Waals surface area (Å²) >= 11 is 0. The van der Waals surface area contributed by atoms with Crippen LogP contribution in [0.25, 0.3) is 0 Å². The van der Waals surface area contributed by atoms with Crippen molar-refractivity contribution < 1.29 is 12.8 Å². The second kappa shape index (κ2) is 5.69. The molecule has 1 saturated heterocycles. The van der Waals surface area contributed by atoms with Gasteiger partial charge in [-0.25, -0.2) is 12.8 Å². The Hall–Kier alpha value is -1.14. The first-order valence-electron chi connectivity index (χ1n) is 6.88. The van der Waals surface area contributed by atoms with Crippen LogP contribution in [0.2, 0.25) is 0 Å². The number of rotatable bonds is 3. The molecule has 0 spiro atoms. The Kier molecular flexibility index (Phi) is 4.34. The molecule has 0 saturated carbocycles. The largest absolute Gasteiger partial charge is 0.395 e. The van der Waals surface area contributed by atoms with E-state index in [0.717, 1.165) is 12.8 Å². The van der Waals surface area contributed by atoms with Gasteiger partial charge >= 0.3 is 0 Å². The molecule has 1 heterocycles. The maximum Gasteiger partial charge on any atom is 0.245 e. The lowest BCUT2D eigenvalue weighted by molar-refractivity contribution is 0.226. The maximum absolute atomic E-state index is 13.4. The maximum atomic E-state index is 13.4. The molecule has 0 radical (unpaired) electrons. The number of nitrogen functional groups attached to an aromatic ring is 1. The third-order valence-electron chi connectivity index (χ3n) is 4.07. The van der Waals surface area contributed by atoms with Gasteiger partial charge in [-0.15, -0.1) is 0 Å². The van der Waals surface area contributed by atoms with E-state index in [1.165, 1.54) is 22.5 Å². The molecule has 20 heavy (non-hydrogen) atoms.